The zero-order valence-corrected chi connectivity index (χ0v) is 11.5. The smallest absolute Gasteiger partial charge is 0.303 e. The molecule has 3 N–H and O–H groups in total. The zero-order valence-electron chi connectivity index (χ0n) is 11.5. The van der Waals surface area contributed by atoms with E-state index >= 15 is 0 Å². The summed E-state index contributed by atoms with van der Waals surface area (Å²) in [5.74, 6) is -0.843. The Morgan fingerprint density at radius 3 is 2.72 bits per heavy atom. The normalized spacial score (nSPS) is 24.3. The third-order valence-corrected chi connectivity index (χ3v) is 3.57. The van der Waals surface area contributed by atoms with Crippen molar-refractivity contribution in [2.45, 2.75) is 58.5 Å². The van der Waals surface area contributed by atoms with E-state index in [1.165, 1.54) is 0 Å². The lowest BCUT2D eigenvalue weighted by Gasteiger charge is -2.38. The minimum atomic E-state index is -0.827. The van der Waals surface area contributed by atoms with Crippen molar-refractivity contribution in [2.75, 3.05) is 6.54 Å². The molecule has 2 atom stereocenters. The van der Waals surface area contributed by atoms with Crippen LogP contribution in [0.25, 0.3) is 0 Å². The van der Waals surface area contributed by atoms with Gasteiger partial charge in [0.05, 0.1) is 6.04 Å². The van der Waals surface area contributed by atoms with Crippen LogP contribution >= 0.6 is 0 Å². The molecule has 1 heterocycles. The number of hydrogen-bond acceptors (Lipinski definition) is 3. The van der Waals surface area contributed by atoms with Crippen LogP contribution in [0.2, 0.25) is 0 Å². The third-order valence-electron chi connectivity index (χ3n) is 3.57. The maximum Gasteiger partial charge on any atom is 0.303 e. The summed E-state index contributed by atoms with van der Waals surface area (Å²) in [5, 5.41) is 14.8. The average molecular weight is 256 g/mol. The standard InChI is InChI=1S/C13H24N2O3/c1-9(5-6-10(16)17)15-12(18)11-13(2,3)7-4-8-14-11/h9,11,14H,4-8H2,1-3H3,(H,15,18)(H,16,17). The van der Waals surface area contributed by atoms with E-state index in [9.17, 15) is 9.59 Å². The summed E-state index contributed by atoms with van der Waals surface area (Å²) >= 11 is 0. The van der Waals surface area contributed by atoms with Crippen LogP contribution in [-0.2, 0) is 9.59 Å². The molecule has 0 aliphatic carbocycles. The van der Waals surface area contributed by atoms with Crippen molar-refractivity contribution >= 4 is 11.9 Å². The van der Waals surface area contributed by atoms with Gasteiger partial charge in [-0.2, -0.15) is 0 Å². The molecule has 104 valence electrons. The van der Waals surface area contributed by atoms with Crippen molar-refractivity contribution in [3.8, 4) is 0 Å². The van der Waals surface area contributed by atoms with Gasteiger partial charge in [-0.15, -0.1) is 0 Å². The van der Waals surface area contributed by atoms with Crippen molar-refractivity contribution in [1.82, 2.24) is 10.6 Å². The van der Waals surface area contributed by atoms with Crippen molar-refractivity contribution in [1.29, 1.82) is 0 Å². The first kappa shape index (κ1) is 15.0. The van der Waals surface area contributed by atoms with Crippen molar-refractivity contribution < 1.29 is 14.7 Å². The second-order valence-electron chi connectivity index (χ2n) is 5.82. The number of carboxylic acid groups (broad SMARTS) is 1. The third kappa shape index (κ3) is 4.29. The van der Waals surface area contributed by atoms with E-state index in [2.05, 4.69) is 24.5 Å². The molecule has 1 rings (SSSR count). The van der Waals surface area contributed by atoms with Gasteiger partial charge in [-0.1, -0.05) is 13.8 Å². The van der Waals surface area contributed by atoms with Gasteiger partial charge >= 0.3 is 5.97 Å². The molecule has 2 unspecified atom stereocenters. The lowest BCUT2D eigenvalue weighted by molar-refractivity contribution is -0.137. The van der Waals surface area contributed by atoms with Crippen LogP contribution in [0.1, 0.15) is 46.5 Å². The molecule has 0 bridgehead atoms. The molecule has 0 aromatic heterocycles. The first-order chi connectivity index (χ1) is 8.33. The first-order valence-corrected chi connectivity index (χ1v) is 6.58. The summed E-state index contributed by atoms with van der Waals surface area (Å²) in [5.41, 5.74) is -0.0468. The summed E-state index contributed by atoms with van der Waals surface area (Å²) in [6, 6.07) is -0.286. The number of hydrogen-bond donors (Lipinski definition) is 3. The topological polar surface area (TPSA) is 78.4 Å². The minimum Gasteiger partial charge on any atom is -0.481 e. The molecule has 0 saturated carbocycles. The Labute approximate surface area is 108 Å². The lowest BCUT2D eigenvalue weighted by Crippen LogP contribution is -2.56. The molecule has 0 aromatic rings. The molecule has 1 fully saturated rings. The number of carboxylic acids is 1. The highest BCUT2D eigenvalue weighted by Crippen LogP contribution is 2.30. The Hall–Kier alpha value is -1.10. The van der Waals surface area contributed by atoms with E-state index in [4.69, 9.17) is 5.11 Å². The van der Waals surface area contributed by atoms with Crippen molar-refractivity contribution in [3.05, 3.63) is 0 Å². The fraction of sp³-hybridized carbons (Fsp3) is 0.846. The molecule has 1 saturated heterocycles. The minimum absolute atomic E-state index is 0.0161. The number of nitrogens with one attached hydrogen (secondary N) is 2. The largest absolute Gasteiger partial charge is 0.481 e. The fourth-order valence-corrected chi connectivity index (χ4v) is 2.40. The van der Waals surface area contributed by atoms with E-state index in [0.29, 0.717) is 6.42 Å². The van der Waals surface area contributed by atoms with Gasteiger partial charge in [0.15, 0.2) is 0 Å². The van der Waals surface area contributed by atoms with Gasteiger partial charge in [-0.05, 0) is 38.1 Å². The molecule has 0 radical (unpaired) electrons. The van der Waals surface area contributed by atoms with Gasteiger partial charge in [-0.25, -0.2) is 0 Å². The highest BCUT2D eigenvalue weighted by Gasteiger charge is 2.37. The fourth-order valence-electron chi connectivity index (χ4n) is 2.40. The van der Waals surface area contributed by atoms with Crippen molar-refractivity contribution in [3.63, 3.8) is 0 Å². The summed E-state index contributed by atoms with van der Waals surface area (Å²) in [7, 11) is 0. The first-order valence-electron chi connectivity index (χ1n) is 6.58. The number of rotatable bonds is 5. The van der Waals surface area contributed by atoms with Crippen LogP contribution in [0, 0.1) is 5.41 Å². The van der Waals surface area contributed by atoms with Gasteiger partial charge in [0.2, 0.25) is 5.91 Å². The van der Waals surface area contributed by atoms with Crippen LogP contribution in [0.4, 0.5) is 0 Å². The molecular weight excluding hydrogens is 232 g/mol. The highest BCUT2D eigenvalue weighted by atomic mass is 16.4. The van der Waals surface area contributed by atoms with Crippen LogP contribution in [0.3, 0.4) is 0 Å². The maximum absolute atomic E-state index is 12.1. The Kier molecular flexibility index (Phi) is 5.14. The molecule has 5 nitrogen and oxygen atoms in total. The number of carbonyl (C=O) groups excluding carboxylic acids is 1. The lowest BCUT2D eigenvalue weighted by atomic mass is 9.77. The predicted molar refractivity (Wildman–Crippen MR) is 69.3 cm³/mol. The molecule has 5 heteroatoms. The van der Waals surface area contributed by atoms with Gasteiger partial charge in [0, 0.05) is 12.5 Å². The molecule has 0 aromatic carbocycles. The van der Waals surface area contributed by atoms with E-state index in [0.717, 1.165) is 19.4 Å². The monoisotopic (exact) mass is 256 g/mol. The van der Waals surface area contributed by atoms with Crippen LogP contribution in [0.15, 0.2) is 0 Å². The quantitative estimate of drug-likeness (QED) is 0.689. The summed E-state index contributed by atoms with van der Waals surface area (Å²) in [6.07, 6.45) is 2.67. The van der Waals surface area contributed by atoms with Gasteiger partial charge < -0.3 is 15.7 Å². The second-order valence-corrected chi connectivity index (χ2v) is 5.82. The highest BCUT2D eigenvalue weighted by molar-refractivity contribution is 5.83. The van der Waals surface area contributed by atoms with E-state index < -0.39 is 5.97 Å². The molecule has 1 aliphatic heterocycles. The van der Waals surface area contributed by atoms with Gasteiger partial charge in [0.1, 0.15) is 0 Å². The molecular formula is C13H24N2O3. The van der Waals surface area contributed by atoms with E-state index in [1.54, 1.807) is 0 Å². The number of aliphatic carboxylic acids is 1. The van der Waals surface area contributed by atoms with E-state index in [-0.39, 0.29) is 29.8 Å². The number of amides is 1. The van der Waals surface area contributed by atoms with Gasteiger partial charge in [-0.3, -0.25) is 9.59 Å². The maximum atomic E-state index is 12.1. The molecule has 1 aliphatic rings. The van der Waals surface area contributed by atoms with Crippen LogP contribution in [-0.4, -0.2) is 35.6 Å². The Morgan fingerprint density at radius 1 is 1.50 bits per heavy atom. The Bertz CT molecular complexity index is 315. The SMILES string of the molecule is CC(CCC(=O)O)NC(=O)C1NCCCC1(C)C. The predicted octanol–water partition coefficient (Wildman–Crippen LogP) is 1.13. The molecule has 1 amide bonds. The summed E-state index contributed by atoms with van der Waals surface area (Å²) < 4.78 is 0. The van der Waals surface area contributed by atoms with Crippen molar-refractivity contribution in [2.24, 2.45) is 5.41 Å². The summed E-state index contributed by atoms with van der Waals surface area (Å²) in [4.78, 5) is 22.6. The van der Waals surface area contributed by atoms with Crippen LogP contribution in [0.5, 0.6) is 0 Å². The van der Waals surface area contributed by atoms with Crippen LogP contribution < -0.4 is 10.6 Å². The molecule has 18 heavy (non-hydrogen) atoms. The second kappa shape index (κ2) is 6.18. The Morgan fingerprint density at radius 2 is 2.17 bits per heavy atom. The zero-order chi connectivity index (χ0) is 13.8. The summed E-state index contributed by atoms with van der Waals surface area (Å²) in [6.45, 7) is 6.89. The average Bonchev–Trinajstić information content (AvgIpc) is 2.25. The number of carbonyl (C=O) groups is 2. The Balaban J connectivity index is 2.46. The number of piperidine rings is 1. The van der Waals surface area contributed by atoms with E-state index in [1.807, 2.05) is 6.92 Å². The molecule has 0 spiro atoms. The van der Waals surface area contributed by atoms with Gasteiger partial charge in [0.25, 0.3) is 0 Å².